The zero-order valence-electron chi connectivity index (χ0n) is 31.5. The van der Waals surface area contributed by atoms with Crippen LogP contribution < -0.4 is 21.3 Å². The fourth-order valence-corrected chi connectivity index (χ4v) is 8.06. The molecular formula is C42H46Cl4N10. The summed E-state index contributed by atoms with van der Waals surface area (Å²) in [5.41, 5.74) is 3.41. The van der Waals surface area contributed by atoms with Crippen molar-refractivity contribution in [3.8, 4) is 0 Å². The number of anilines is 6. The third-order valence-electron chi connectivity index (χ3n) is 10.1. The Labute approximate surface area is 348 Å². The van der Waals surface area contributed by atoms with Crippen molar-refractivity contribution in [2.75, 3.05) is 60.5 Å². The maximum Gasteiger partial charge on any atom is 0.225 e. The van der Waals surface area contributed by atoms with Gasteiger partial charge < -0.3 is 31.1 Å². The van der Waals surface area contributed by atoms with Crippen LogP contribution in [0.3, 0.4) is 0 Å². The number of hydrogen-bond acceptors (Lipinski definition) is 10. The van der Waals surface area contributed by atoms with Crippen LogP contribution in [0.5, 0.6) is 0 Å². The first-order valence-electron chi connectivity index (χ1n) is 19.2. The molecule has 8 rings (SSSR count). The molecular weight excluding hydrogens is 786 g/mol. The van der Waals surface area contributed by atoms with Crippen molar-refractivity contribution < 1.29 is 0 Å². The monoisotopic (exact) mass is 830 g/mol. The van der Waals surface area contributed by atoms with Gasteiger partial charge in [-0.25, -0.2) is 9.97 Å². The molecule has 56 heavy (non-hydrogen) atoms. The Bertz CT molecular complexity index is 2250. The summed E-state index contributed by atoms with van der Waals surface area (Å²) in [5.74, 6) is 2.76. The lowest BCUT2D eigenvalue weighted by molar-refractivity contribution is 0.226. The first-order valence-corrected chi connectivity index (χ1v) is 20.7. The van der Waals surface area contributed by atoms with E-state index in [9.17, 15) is 0 Å². The Morgan fingerprint density at radius 1 is 0.571 bits per heavy atom. The molecule has 2 aliphatic rings. The molecule has 0 aliphatic carbocycles. The lowest BCUT2D eigenvalue weighted by Crippen LogP contribution is -2.42. The summed E-state index contributed by atoms with van der Waals surface area (Å²) in [5, 5.41) is 17.9. The predicted molar refractivity (Wildman–Crippen MR) is 236 cm³/mol. The standard InChI is InChI=1S/2C21H23Cl2N5/c1-2-28-11-5-6-15(13-28)25-21-26-19-8-4-3-7-16(19)20(27-21)24-14-9-10-17(22)18(23)12-14;1-2-28-9-5-6-16(13-28)25-21-26-19-8-4-3-7-18(19)20(27-21)24-17-11-14(22)10-15(23)12-17/h3-4,7-10,12,15H,2,5-6,11,13H2,1H3,(H2,24,25,26,27);3-4,7-8,10-12,16H,2,5-6,9,13H2,1H3,(H2,24,25,26,27). The lowest BCUT2D eigenvalue weighted by atomic mass is 10.1. The van der Waals surface area contributed by atoms with Gasteiger partial charge in [-0.1, -0.05) is 84.5 Å². The molecule has 2 atom stereocenters. The number of benzene rings is 4. The highest BCUT2D eigenvalue weighted by Crippen LogP contribution is 2.31. The van der Waals surface area contributed by atoms with E-state index in [4.69, 9.17) is 66.3 Å². The summed E-state index contributed by atoms with van der Waals surface area (Å²) in [6.45, 7) is 10.9. The van der Waals surface area contributed by atoms with Crippen LogP contribution in [0.25, 0.3) is 21.8 Å². The van der Waals surface area contributed by atoms with Crippen molar-refractivity contribution >= 4 is 103 Å². The number of fused-ring (bicyclic) bond motifs is 2. The largest absolute Gasteiger partial charge is 0.350 e. The number of rotatable bonds is 10. The van der Waals surface area contributed by atoms with E-state index in [2.05, 4.69) is 44.9 Å². The minimum atomic E-state index is 0.350. The summed E-state index contributed by atoms with van der Waals surface area (Å²) >= 11 is 24.5. The number of piperidine rings is 2. The van der Waals surface area contributed by atoms with Crippen LogP contribution in [0.1, 0.15) is 39.5 Å². The van der Waals surface area contributed by atoms with Gasteiger partial charge in [-0.05, 0) is 113 Å². The summed E-state index contributed by atoms with van der Waals surface area (Å²) in [6, 6.07) is 27.5. The van der Waals surface area contributed by atoms with Crippen LogP contribution in [-0.4, -0.2) is 81.1 Å². The molecule has 0 bridgehead atoms. The molecule has 2 aliphatic heterocycles. The Morgan fingerprint density at radius 3 is 1.57 bits per heavy atom. The number of likely N-dealkylation sites (tertiary alicyclic amines) is 2. The first-order chi connectivity index (χ1) is 27.2. The maximum absolute atomic E-state index is 6.16. The lowest BCUT2D eigenvalue weighted by Gasteiger charge is -2.32. The second kappa shape index (κ2) is 18.9. The molecule has 14 heteroatoms. The van der Waals surface area contributed by atoms with Gasteiger partial charge >= 0.3 is 0 Å². The number of likely N-dealkylation sites (N-methyl/N-ethyl adjacent to an activating group) is 2. The minimum Gasteiger partial charge on any atom is -0.350 e. The van der Waals surface area contributed by atoms with Gasteiger partial charge in [0.1, 0.15) is 11.6 Å². The fraction of sp³-hybridized carbons (Fsp3) is 0.333. The Hall–Kier alpha value is -4.16. The van der Waals surface area contributed by atoms with E-state index in [0.717, 1.165) is 96.9 Å². The van der Waals surface area contributed by atoms with Crippen molar-refractivity contribution in [2.45, 2.75) is 51.6 Å². The number of nitrogens with zero attached hydrogens (tertiary/aromatic N) is 6. The Balaban J connectivity index is 0.000000172. The van der Waals surface area contributed by atoms with Gasteiger partial charge in [0.2, 0.25) is 11.9 Å². The molecule has 0 amide bonds. The molecule has 2 aromatic heterocycles. The summed E-state index contributed by atoms with van der Waals surface area (Å²) in [7, 11) is 0. The van der Waals surface area contributed by atoms with E-state index in [0.29, 0.717) is 44.1 Å². The molecule has 2 fully saturated rings. The molecule has 0 radical (unpaired) electrons. The van der Waals surface area contributed by atoms with E-state index in [1.807, 2.05) is 66.7 Å². The fourth-order valence-electron chi connectivity index (χ4n) is 7.23. The first kappa shape index (κ1) is 40.1. The molecule has 292 valence electrons. The second-order valence-corrected chi connectivity index (χ2v) is 15.8. The van der Waals surface area contributed by atoms with E-state index in [1.165, 1.54) is 12.8 Å². The number of halogens is 4. The zero-order chi connectivity index (χ0) is 39.0. The third kappa shape index (κ3) is 10.4. The summed E-state index contributed by atoms with van der Waals surface area (Å²) in [4.78, 5) is 23.9. The van der Waals surface area contributed by atoms with Gasteiger partial charge in [0, 0.05) is 57.4 Å². The zero-order valence-corrected chi connectivity index (χ0v) is 34.5. The topological polar surface area (TPSA) is 106 Å². The van der Waals surface area contributed by atoms with Crippen LogP contribution in [0, 0.1) is 0 Å². The maximum atomic E-state index is 6.16. The van der Waals surface area contributed by atoms with Gasteiger partial charge in [-0.15, -0.1) is 0 Å². The SMILES string of the molecule is CCN1CCCC(Nc2nc(Nc3cc(Cl)cc(Cl)c3)c3ccccc3n2)C1.CCN1CCCC(Nc2nc(Nc3ccc(Cl)c(Cl)c3)c3ccccc3n2)C1. The van der Waals surface area contributed by atoms with Crippen molar-refractivity contribution in [1.29, 1.82) is 0 Å². The third-order valence-corrected chi connectivity index (χ3v) is 11.3. The molecule has 4 heterocycles. The van der Waals surface area contributed by atoms with E-state index in [-0.39, 0.29) is 0 Å². The van der Waals surface area contributed by atoms with E-state index in [1.54, 1.807) is 18.2 Å². The minimum absolute atomic E-state index is 0.350. The summed E-state index contributed by atoms with van der Waals surface area (Å²) < 4.78 is 0. The Kier molecular flexibility index (Phi) is 13.5. The highest BCUT2D eigenvalue weighted by atomic mass is 35.5. The molecule has 0 spiro atoms. The highest BCUT2D eigenvalue weighted by molar-refractivity contribution is 6.42. The average Bonchev–Trinajstić information content (AvgIpc) is 3.19. The molecule has 4 N–H and O–H groups in total. The highest BCUT2D eigenvalue weighted by Gasteiger charge is 2.21. The average molecular weight is 833 g/mol. The van der Waals surface area contributed by atoms with Gasteiger partial charge in [0.05, 0.1) is 21.1 Å². The van der Waals surface area contributed by atoms with Gasteiger partial charge in [0.25, 0.3) is 0 Å². The van der Waals surface area contributed by atoms with E-state index < -0.39 is 0 Å². The predicted octanol–water partition coefficient (Wildman–Crippen LogP) is 11.2. The quantitative estimate of drug-likeness (QED) is 0.107. The van der Waals surface area contributed by atoms with Crippen LogP contribution in [0.15, 0.2) is 84.9 Å². The molecule has 4 aromatic carbocycles. The molecule has 6 aromatic rings. The number of aromatic nitrogens is 4. The van der Waals surface area contributed by atoms with Crippen LogP contribution in [0.4, 0.5) is 34.9 Å². The van der Waals surface area contributed by atoms with Gasteiger partial charge in [-0.2, -0.15) is 9.97 Å². The molecule has 2 unspecified atom stereocenters. The number of nitrogens with one attached hydrogen (secondary N) is 4. The molecule has 10 nitrogen and oxygen atoms in total. The molecule has 2 saturated heterocycles. The normalized spacial score (nSPS) is 17.6. The second-order valence-electron chi connectivity index (χ2n) is 14.1. The number of para-hydroxylation sites is 2. The van der Waals surface area contributed by atoms with E-state index >= 15 is 0 Å². The molecule has 0 saturated carbocycles. The summed E-state index contributed by atoms with van der Waals surface area (Å²) in [6.07, 6.45) is 4.63. The van der Waals surface area contributed by atoms with Gasteiger partial charge in [0.15, 0.2) is 0 Å². The van der Waals surface area contributed by atoms with Crippen LogP contribution in [-0.2, 0) is 0 Å². The Morgan fingerprint density at radius 2 is 1.07 bits per heavy atom. The van der Waals surface area contributed by atoms with Crippen LogP contribution >= 0.6 is 46.4 Å². The van der Waals surface area contributed by atoms with Crippen LogP contribution in [0.2, 0.25) is 20.1 Å². The van der Waals surface area contributed by atoms with Crippen molar-refractivity contribution in [3.63, 3.8) is 0 Å². The smallest absolute Gasteiger partial charge is 0.225 e. The van der Waals surface area contributed by atoms with Crippen molar-refractivity contribution in [3.05, 3.63) is 105 Å². The van der Waals surface area contributed by atoms with Crippen molar-refractivity contribution in [2.24, 2.45) is 0 Å². The van der Waals surface area contributed by atoms with Gasteiger partial charge in [-0.3, -0.25) is 0 Å². The van der Waals surface area contributed by atoms with Crippen molar-refractivity contribution in [1.82, 2.24) is 29.7 Å². The number of hydrogen-bond donors (Lipinski definition) is 4.